The zero-order valence-electron chi connectivity index (χ0n) is 19.5. The summed E-state index contributed by atoms with van der Waals surface area (Å²) < 4.78 is 5.58. The van der Waals surface area contributed by atoms with Gasteiger partial charge in [0.05, 0.1) is 5.92 Å². The molecule has 0 aromatic heterocycles. The maximum absolute atomic E-state index is 12.5. The Balaban J connectivity index is 1.27. The molecule has 7 heteroatoms. The van der Waals surface area contributed by atoms with Crippen LogP contribution in [-0.4, -0.2) is 42.3 Å². The van der Waals surface area contributed by atoms with Crippen LogP contribution in [0.4, 0.5) is 4.79 Å². The molecular weight excluding hydrogens is 432 g/mol. The number of carboxylic acids is 1. The minimum Gasteiger partial charge on any atom is -0.481 e. The first-order valence-electron chi connectivity index (χ1n) is 12.1. The molecule has 2 amide bonds. The highest BCUT2D eigenvalue weighted by Crippen LogP contribution is 2.44. The second kappa shape index (κ2) is 10.7. The molecule has 0 heterocycles. The monoisotopic (exact) mass is 464 g/mol. The van der Waals surface area contributed by atoms with E-state index in [1.165, 1.54) is 0 Å². The highest BCUT2D eigenvalue weighted by atomic mass is 16.5. The van der Waals surface area contributed by atoms with Crippen molar-refractivity contribution < 1.29 is 24.2 Å². The smallest absolute Gasteiger partial charge is 0.407 e. The van der Waals surface area contributed by atoms with Gasteiger partial charge in [0.15, 0.2) is 0 Å². The van der Waals surface area contributed by atoms with Crippen LogP contribution >= 0.6 is 0 Å². The molecule has 2 aromatic carbocycles. The second-order valence-corrected chi connectivity index (χ2v) is 9.22. The number of alkyl carbamates (subject to hydrolysis) is 1. The van der Waals surface area contributed by atoms with Gasteiger partial charge in [-0.05, 0) is 47.4 Å². The fourth-order valence-corrected chi connectivity index (χ4v) is 4.92. The lowest BCUT2D eigenvalue weighted by molar-refractivity contribution is -0.144. The van der Waals surface area contributed by atoms with Crippen LogP contribution in [0, 0.1) is 11.8 Å². The third-order valence-electron chi connectivity index (χ3n) is 7.15. The van der Waals surface area contributed by atoms with Gasteiger partial charge in [-0.2, -0.15) is 0 Å². The number of fused-ring (bicyclic) bond motifs is 3. The lowest BCUT2D eigenvalue weighted by Gasteiger charge is -2.31. The Hall–Kier alpha value is -3.35. The van der Waals surface area contributed by atoms with Crippen LogP contribution in [0.2, 0.25) is 0 Å². The molecule has 2 aromatic rings. The van der Waals surface area contributed by atoms with E-state index in [4.69, 9.17) is 4.74 Å². The molecule has 0 radical (unpaired) electrons. The third kappa shape index (κ3) is 5.24. The molecule has 0 bridgehead atoms. The zero-order valence-corrected chi connectivity index (χ0v) is 19.5. The lowest BCUT2D eigenvalue weighted by atomic mass is 9.76. The molecule has 1 fully saturated rings. The van der Waals surface area contributed by atoms with Gasteiger partial charge in [-0.15, -0.1) is 0 Å². The molecule has 3 N–H and O–H groups in total. The van der Waals surface area contributed by atoms with Crippen LogP contribution in [0.1, 0.15) is 56.1 Å². The maximum Gasteiger partial charge on any atom is 0.407 e. The number of hydrogen-bond donors (Lipinski definition) is 3. The number of rotatable bonds is 10. The van der Waals surface area contributed by atoms with Crippen molar-refractivity contribution in [3.8, 4) is 11.1 Å². The van der Waals surface area contributed by atoms with Gasteiger partial charge < -0.3 is 20.5 Å². The van der Waals surface area contributed by atoms with Gasteiger partial charge in [-0.25, -0.2) is 4.79 Å². The van der Waals surface area contributed by atoms with Gasteiger partial charge in [0.2, 0.25) is 5.91 Å². The van der Waals surface area contributed by atoms with Crippen molar-refractivity contribution in [2.75, 3.05) is 13.2 Å². The van der Waals surface area contributed by atoms with E-state index in [0.717, 1.165) is 41.5 Å². The topological polar surface area (TPSA) is 105 Å². The highest BCUT2D eigenvalue weighted by Gasteiger charge is 2.33. The summed E-state index contributed by atoms with van der Waals surface area (Å²) in [4.78, 5) is 36.4. The number of carboxylic acid groups (broad SMARTS) is 1. The predicted octanol–water partition coefficient (Wildman–Crippen LogP) is 4.31. The highest BCUT2D eigenvalue weighted by molar-refractivity contribution is 5.80. The summed E-state index contributed by atoms with van der Waals surface area (Å²) in [5.41, 5.74) is 4.61. The number of ether oxygens (including phenoxy) is 1. The van der Waals surface area contributed by atoms with Crippen molar-refractivity contribution in [3.05, 3.63) is 59.7 Å². The molecule has 2 atom stereocenters. The van der Waals surface area contributed by atoms with Crippen molar-refractivity contribution in [1.29, 1.82) is 0 Å². The summed E-state index contributed by atoms with van der Waals surface area (Å²) in [6, 6.07) is 15.9. The summed E-state index contributed by atoms with van der Waals surface area (Å²) >= 11 is 0. The Labute approximate surface area is 199 Å². The first kappa shape index (κ1) is 23.8. The summed E-state index contributed by atoms with van der Waals surface area (Å²) in [5, 5.41) is 14.9. The van der Waals surface area contributed by atoms with Crippen LogP contribution in [0.15, 0.2) is 48.5 Å². The predicted molar refractivity (Wildman–Crippen MR) is 128 cm³/mol. The van der Waals surface area contributed by atoms with Crippen molar-refractivity contribution >= 4 is 18.0 Å². The van der Waals surface area contributed by atoms with E-state index in [0.29, 0.717) is 6.42 Å². The Bertz CT molecular complexity index is 1000. The van der Waals surface area contributed by atoms with Gasteiger partial charge >= 0.3 is 12.1 Å². The van der Waals surface area contributed by atoms with Crippen LogP contribution in [-0.2, 0) is 14.3 Å². The number of benzene rings is 2. The van der Waals surface area contributed by atoms with Crippen LogP contribution in [0.3, 0.4) is 0 Å². The number of amides is 2. The number of carbonyl (C=O) groups is 3. The molecule has 180 valence electrons. The first-order chi connectivity index (χ1) is 16.5. The molecule has 2 unspecified atom stereocenters. The fourth-order valence-electron chi connectivity index (χ4n) is 4.92. The van der Waals surface area contributed by atoms with E-state index in [9.17, 15) is 19.5 Å². The first-order valence-corrected chi connectivity index (χ1v) is 12.1. The molecule has 2 aliphatic carbocycles. The lowest BCUT2D eigenvalue weighted by Crippen LogP contribution is -2.42. The van der Waals surface area contributed by atoms with Crippen molar-refractivity contribution in [2.45, 2.75) is 51.0 Å². The van der Waals surface area contributed by atoms with Gasteiger partial charge in [0.1, 0.15) is 6.61 Å². The minimum absolute atomic E-state index is 0.0269. The van der Waals surface area contributed by atoms with Gasteiger partial charge in [0.25, 0.3) is 0 Å². The van der Waals surface area contributed by atoms with Crippen LogP contribution in [0.25, 0.3) is 11.1 Å². The minimum atomic E-state index is -0.867. The Morgan fingerprint density at radius 2 is 1.65 bits per heavy atom. The number of carbonyl (C=O) groups excluding carboxylic acids is 2. The van der Waals surface area contributed by atoms with Crippen LogP contribution < -0.4 is 10.6 Å². The molecule has 7 nitrogen and oxygen atoms in total. The van der Waals surface area contributed by atoms with E-state index in [1.807, 2.05) is 31.2 Å². The van der Waals surface area contributed by atoms with E-state index in [2.05, 4.69) is 34.9 Å². The summed E-state index contributed by atoms with van der Waals surface area (Å²) in [6.07, 6.45) is 2.92. The van der Waals surface area contributed by atoms with Gasteiger partial charge in [-0.3, -0.25) is 9.59 Å². The molecular formula is C27H32N2O5. The van der Waals surface area contributed by atoms with Crippen LogP contribution in [0.5, 0.6) is 0 Å². The summed E-state index contributed by atoms with van der Waals surface area (Å²) in [6.45, 7) is 2.22. The SMILES string of the molecule is CCC(CC(=O)NCC(C(=O)O)C1CCC1)NC(=O)OCC1c2ccccc2-c2ccccc21. The molecule has 2 aliphatic rings. The number of aliphatic carboxylic acids is 1. The van der Waals surface area contributed by atoms with Crippen molar-refractivity contribution in [1.82, 2.24) is 10.6 Å². The van der Waals surface area contributed by atoms with Gasteiger partial charge in [0, 0.05) is 24.9 Å². The normalized spacial score (nSPS) is 16.5. The van der Waals surface area contributed by atoms with E-state index in [-0.39, 0.29) is 43.4 Å². The van der Waals surface area contributed by atoms with E-state index in [1.54, 1.807) is 0 Å². The van der Waals surface area contributed by atoms with E-state index >= 15 is 0 Å². The average Bonchev–Trinajstić information content (AvgIpc) is 3.12. The standard InChI is InChI=1S/C27H32N2O5/c1-2-18(14-25(30)28-15-23(26(31)32)17-8-7-9-17)29-27(33)34-16-24-21-12-5-3-10-19(21)20-11-4-6-13-22(20)24/h3-6,10-13,17-18,23-24H,2,7-9,14-16H2,1H3,(H,28,30)(H,29,33)(H,31,32). The van der Waals surface area contributed by atoms with Gasteiger partial charge in [-0.1, -0.05) is 61.9 Å². The largest absolute Gasteiger partial charge is 0.481 e. The average molecular weight is 465 g/mol. The van der Waals surface area contributed by atoms with Crippen molar-refractivity contribution in [3.63, 3.8) is 0 Å². The second-order valence-electron chi connectivity index (χ2n) is 9.22. The Morgan fingerprint density at radius 1 is 1.03 bits per heavy atom. The molecule has 0 aliphatic heterocycles. The fraction of sp³-hybridized carbons (Fsp3) is 0.444. The van der Waals surface area contributed by atoms with Crippen molar-refractivity contribution in [2.24, 2.45) is 11.8 Å². The Kier molecular flexibility index (Phi) is 7.50. The zero-order chi connectivity index (χ0) is 24.1. The van der Waals surface area contributed by atoms with E-state index < -0.39 is 18.0 Å². The molecule has 1 saturated carbocycles. The molecule has 4 rings (SSSR count). The quantitative estimate of drug-likeness (QED) is 0.486. The summed E-state index contributed by atoms with van der Waals surface area (Å²) in [5.74, 6) is -1.57. The molecule has 34 heavy (non-hydrogen) atoms. The Morgan fingerprint density at radius 3 is 2.18 bits per heavy atom. The summed E-state index contributed by atoms with van der Waals surface area (Å²) in [7, 11) is 0. The maximum atomic E-state index is 12.5. The number of nitrogens with one attached hydrogen (secondary N) is 2. The third-order valence-corrected chi connectivity index (χ3v) is 7.15. The molecule has 0 spiro atoms. The molecule has 0 saturated heterocycles. The number of hydrogen-bond acceptors (Lipinski definition) is 4.